The van der Waals surface area contributed by atoms with Gasteiger partial charge in [-0.05, 0) is 51.8 Å². The summed E-state index contributed by atoms with van der Waals surface area (Å²) in [5.74, 6) is -3.37. The van der Waals surface area contributed by atoms with Crippen molar-refractivity contribution >= 4 is 27.5 Å². The van der Waals surface area contributed by atoms with Gasteiger partial charge in [0.2, 0.25) is 21.8 Å². The lowest BCUT2D eigenvalue weighted by Crippen LogP contribution is -2.56. The van der Waals surface area contributed by atoms with Gasteiger partial charge < -0.3 is 4.74 Å². The summed E-state index contributed by atoms with van der Waals surface area (Å²) in [6, 6.07) is 2.60. The number of hydrogen-bond acceptors (Lipinski definition) is 5. The van der Waals surface area contributed by atoms with Gasteiger partial charge >= 0.3 is 6.18 Å². The van der Waals surface area contributed by atoms with E-state index < -0.39 is 62.7 Å². The fraction of sp³-hybridized carbons (Fsp3) is 0.600. The summed E-state index contributed by atoms with van der Waals surface area (Å²) in [6.07, 6.45) is -4.45. The molecule has 2 amide bonds. The number of sulfonamides is 1. The van der Waals surface area contributed by atoms with Crippen LogP contribution in [-0.2, 0) is 30.5 Å². The first-order valence-electron chi connectivity index (χ1n) is 9.90. The predicted octanol–water partition coefficient (Wildman–Crippen LogP) is 2.38. The second-order valence-electron chi connectivity index (χ2n) is 8.84. The van der Waals surface area contributed by atoms with Crippen molar-refractivity contribution in [1.29, 1.82) is 0 Å². The second-order valence-corrected chi connectivity index (χ2v) is 10.9. The summed E-state index contributed by atoms with van der Waals surface area (Å²) >= 11 is 0. The van der Waals surface area contributed by atoms with Crippen LogP contribution in [0.3, 0.4) is 0 Å². The molecule has 4 rings (SSSR count). The van der Waals surface area contributed by atoms with E-state index in [0.717, 1.165) is 11.0 Å². The highest BCUT2D eigenvalue weighted by atomic mass is 32.2. The topological polar surface area (TPSA) is 92.8 Å². The number of aryl methyl sites for hydroxylation is 1. The number of alkyl halides is 3. The van der Waals surface area contributed by atoms with E-state index >= 15 is 0 Å². The largest absolute Gasteiger partial charge is 0.416 e. The number of ether oxygens (including phenoxy) is 1. The van der Waals surface area contributed by atoms with E-state index in [1.807, 2.05) is 0 Å². The van der Waals surface area contributed by atoms with Crippen LogP contribution in [0, 0.1) is 18.8 Å². The van der Waals surface area contributed by atoms with Crippen LogP contribution in [0.15, 0.2) is 18.2 Å². The third-order valence-electron chi connectivity index (χ3n) is 6.82. The Morgan fingerprint density at radius 2 is 1.81 bits per heavy atom. The van der Waals surface area contributed by atoms with Crippen molar-refractivity contribution in [3.05, 3.63) is 29.3 Å². The lowest BCUT2D eigenvalue weighted by molar-refractivity contribution is -0.138. The maximum absolute atomic E-state index is 13.4. The van der Waals surface area contributed by atoms with E-state index in [-0.39, 0.29) is 23.4 Å². The fourth-order valence-electron chi connectivity index (χ4n) is 5.32. The summed E-state index contributed by atoms with van der Waals surface area (Å²) in [5.41, 5.74) is -3.50. The fourth-order valence-corrected chi connectivity index (χ4v) is 6.24. The number of fused-ring (bicyclic) bond motifs is 5. The van der Waals surface area contributed by atoms with Crippen molar-refractivity contribution in [1.82, 2.24) is 4.72 Å². The third kappa shape index (κ3) is 3.12. The average Bonchev–Trinajstić information content (AvgIpc) is 3.16. The molecule has 0 saturated carbocycles. The quantitative estimate of drug-likeness (QED) is 0.697. The molecule has 170 valence electrons. The van der Waals surface area contributed by atoms with Gasteiger partial charge in [-0.1, -0.05) is 6.07 Å². The number of hydrogen-bond donors (Lipinski definition) is 1. The molecular weight excluding hydrogens is 437 g/mol. The summed E-state index contributed by atoms with van der Waals surface area (Å²) in [5, 5.41) is 0. The Labute approximate surface area is 178 Å². The highest BCUT2D eigenvalue weighted by molar-refractivity contribution is 7.89. The van der Waals surface area contributed by atoms with Crippen molar-refractivity contribution in [3.8, 4) is 0 Å². The number of benzene rings is 1. The number of nitrogens with one attached hydrogen (secondary N) is 1. The van der Waals surface area contributed by atoms with Crippen molar-refractivity contribution in [3.63, 3.8) is 0 Å². The number of anilines is 1. The average molecular weight is 460 g/mol. The zero-order chi connectivity index (χ0) is 23.1. The predicted molar refractivity (Wildman–Crippen MR) is 105 cm³/mol. The van der Waals surface area contributed by atoms with Crippen LogP contribution in [0.2, 0.25) is 0 Å². The number of halogens is 3. The van der Waals surface area contributed by atoms with Crippen LogP contribution in [0.25, 0.3) is 0 Å². The molecule has 3 fully saturated rings. The highest BCUT2D eigenvalue weighted by Crippen LogP contribution is 2.61. The lowest BCUT2D eigenvalue weighted by atomic mass is 9.67. The molecule has 5 unspecified atom stereocenters. The van der Waals surface area contributed by atoms with E-state index in [0.29, 0.717) is 0 Å². The van der Waals surface area contributed by atoms with Gasteiger partial charge in [0.15, 0.2) is 0 Å². The van der Waals surface area contributed by atoms with Crippen molar-refractivity contribution in [2.45, 2.75) is 57.5 Å². The number of imide groups is 1. The molecule has 3 heterocycles. The molecule has 5 atom stereocenters. The first-order chi connectivity index (χ1) is 14.1. The minimum absolute atomic E-state index is 0.0214. The van der Waals surface area contributed by atoms with Gasteiger partial charge in [0.1, 0.15) is 0 Å². The Bertz CT molecular complexity index is 1090. The van der Waals surface area contributed by atoms with Gasteiger partial charge in [-0.15, -0.1) is 0 Å². The number of carbonyl (C=O) groups excluding carboxylic acids is 2. The maximum atomic E-state index is 13.4. The Balaban J connectivity index is 1.74. The highest BCUT2D eigenvalue weighted by Gasteiger charge is 2.76. The molecule has 1 N–H and O–H groups in total. The lowest BCUT2D eigenvalue weighted by Gasteiger charge is -2.35. The van der Waals surface area contributed by atoms with Crippen LogP contribution < -0.4 is 9.62 Å². The van der Waals surface area contributed by atoms with Crippen LogP contribution in [0.4, 0.5) is 18.9 Å². The zero-order valence-corrected chi connectivity index (χ0v) is 18.2. The standard InChI is InChI=1S/C20H23F3N2O5S/c1-5-31(28,29)24-13-9-18(3)14-15(19(13,4)30-18)17(27)25(16(14)26)11-7-6-10(2)12(8-11)20(21,22)23/h6-8,13-15,24H,5,9H2,1-4H3. The van der Waals surface area contributed by atoms with Crippen LogP contribution in [-0.4, -0.2) is 43.2 Å². The monoisotopic (exact) mass is 460 g/mol. The molecule has 3 saturated heterocycles. The Morgan fingerprint density at radius 3 is 2.39 bits per heavy atom. The van der Waals surface area contributed by atoms with Crippen molar-refractivity contribution in [2.75, 3.05) is 10.7 Å². The SMILES string of the molecule is CCS(=O)(=O)NC1CC2(C)OC1(C)C1C(=O)N(c3ccc(C)c(C(F)(F)F)c3)C(=O)C12. The van der Waals surface area contributed by atoms with Crippen LogP contribution >= 0.6 is 0 Å². The molecule has 7 nitrogen and oxygen atoms in total. The Hall–Kier alpha value is -1.98. The van der Waals surface area contributed by atoms with Crippen LogP contribution in [0.1, 0.15) is 38.3 Å². The van der Waals surface area contributed by atoms with Gasteiger partial charge in [0.25, 0.3) is 0 Å². The van der Waals surface area contributed by atoms with Gasteiger partial charge in [-0.3, -0.25) is 9.59 Å². The summed E-state index contributed by atoms with van der Waals surface area (Å²) < 4.78 is 73.0. The second kappa shape index (κ2) is 6.52. The smallest absolute Gasteiger partial charge is 0.366 e. The van der Waals surface area contributed by atoms with Gasteiger partial charge in [-0.25, -0.2) is 18.0 Å². The zero-order valence-electron chi connectivity index (χ0n) is 17.4. The molecule has 0 radical (unpaired) electrons. The molecule has 3 aliphatic heterocycles. The first-order valence-corrected chi connectivity index (χ1v) is 11.6. The van der Waals surface area contributed by atoms with Crippen molar-refractivity contribution in [2.24, 2.45) is 11.8 Å². The van der Waals surface area contributed by atoms with E-state index in [4.69, 9.17) is 4.74 Å². The molecule has 31 heavy (non-hydrogen) atoms. The van der Waals surface area contributed by atoms with Crippen LogP contribution in [0.5, 0.6) is 0 Å². The molecule has 11 heteroatoms. The minimum atomic E-state index is -4.63. The Kier molecular flexibility index (Phi) is 4.67. The summed E-state index contributed by atoms with van der Waals surface area (Å²) in [6.45, 7) is 6.00. The molecule has 1 aromatic carbocycles. The molecule has 0 aromatic heterocycles. The van der Waals surface area contributed by atoms with E-state index in [2.05, 4.69) is 4.72 Å². The maximum Gasteiger partial charge on any atom is 0.416 e. The number of carbonyl (C=O) groups is 2. The molecule has 0 aliphatic carbocycles. The first kappa shape index (κ1) is 22.2. The van der Waals surface area contributed by atoms with Gasteiger partial charge in [-0.2, -0.15) is 13.2 Å². The summed E-state index contributed by atoms with van der Waals surface area (Å²) in [4.78, 5) is 27.4. The number of rotatable bonds is 4. The third-order valence-corrected chi connectivity index (χ3v) is 8.23. The van der Waals surface area contributed by atoms with Gasteiger partial charge in [0, 0.05) is 0 Å². The van der Waals surface area contributed by atoms with Gasteiger partial charge in [0.05, 0.1) is 46.1 Å². The number of amides is 2. The number of nitrogens with zero attached hydrogens (tertiary/aromatic N) is 1. The summed E-state index contributed by atoms with van der Waals surface area (Å²) in [7, 11) is -3.61. The van der Waals surface area contributed by atoms with E-state index in [9.17, 15) is 31.2 Å². The van der Waals surface area contributed by atoms with E-state index in [1.54, 1.807) is 13.8 Å². The van der Waals surface area contributed by atoms with Crippen molar-refractivity contribution < 1.29 is 35.9 Å². The molecule has 3 aliphatic rings. The molecular formula is C20H23F3N2O5S. The molecule has 0 spiro atoms. The van der Waals surface area contributed by atoms with E-state index in [1.165, 1.54) is 26.0 Å². The molecule has 1 aromatic rings. The molecule has 2 bridgehead atoms. The Morgan fingerprint density at radius 1 is 1.19 bits per heavy atom. The minimum Gasteiger partial charge on any atom is -0.366 e. The normalized spacial score (nSPS) is 35.2.